The van der Waals surface area contributed by atoms with Gasteiger partial charge < -0.3 is 10.0 Å². The second-order valence-electron chi connectivity index (χ2n) is 5.01. The van der Waals surface area contributed by atoms with Crippen LogP contribution in [-0.2, 0) is 4.79 Å². The minimum absolute atomic E-state index is 0.148. The second kappa shape index (κ2) is 4.49. The van der Waals surface area contributed by atoms with Gasteiger partial charge in [0.25, 0.3) is 0 Å². The van der Waals surface area contributed by atoms with Crippen LogP contribution in [0.1, 0.15) is 20.3 Å². The third-order valence-electron chi connectivity index (χ3n) is 3.21. The van der Waals surface area contributed by atoms with Crippen molar-refractivity contribution in [1.29, 1.82) is 0 Å². The average Bonchev–Trinajstić information content (AvgIpc) is 2.09. The minimum atomic E-state index is -0.527. The van der Waals surface area contributed by atoms with E-state index in [9.17, 15) is 9.90 Å². The summed E-state index contributed by atoms with van der Waals surface area (Å²) < 4.78 is 0. The maximum atomic E-state index is 11.3. The molecular formula is C11H22N2O2. The Morgan fingerprint density at radius 3 is 2.40 bits per heavy atom. The number of amides is 1. The number of β-amino-alcohol motifs (C(OH)–C–C–N with tert-alkyl or cyclic N) is 1. The van der Waals surface area contributed by atoms with E-state index in [-0.39, 0.29) is 5.91 Å². The summed E-state index contributed by atoms with van der Waals surface area (Å²) in [6, 6.07) is 0. The molecule has 0 unspecified atom stereocenters. The molecule has 0 aliphatic carbocycles. The number of nitrogens with zero attached hydrogens (tertiary/aromatic N) is 2. The molecule has 4 nitrogen and oxygen atoms in total. The van der Waals surface area contributed by atoms with Gasteiger partial charge in [-0.15, -0.1) is 0 Å². The van der Waals surface area contributed by atoms with Gasteiger partial charge in [-0.25, -0.2) is 0 Å². The average molecular weight is 214 g/mol. The molecule has 0 aromatic heterocycles. The standard InChI is InChI=1S/C11H22N2O2/c1-9(2)11(15)7-13(8-11)6-5-10(14)12(3)4/h9,15H,5-8H2,1-4H3. The number of likely N-dealkylation sites (tertiary alicyclic amines) is 1. The summed E-state index contributed by atoms with van der Waals surface area (Å²) >= 11 is 0. The lowest BCUT2D eigenvalue weighted by atomic mass is 9.83. The van der Waals surface area contributed by atoms with Crippen molar-refractivity contribution < 1.29 is 9.90 Å². The number of carbonyl (C=O) groups excluding carboxylic acids is 1. The van der Waals surface area contributed by atoms with Crippen molar-refractivity contribution in [1.82, 2.24) is 9.80 Å². The highest BCUT2D eigenvalue weighted by molar-refractivity contribution is 5.75. The fourth-order valence-corrected chi connectivity index (χ4v) is 1.73. The van der Waals surface area contributed by atoms with Gasteiger partial charge in [-0.3, -0.25) is 9.69 Å². The molecule has 0 atom stereocenters. The molecule has 1 saturated heterocycles. The van der Waals surface area contributed by atoms with Gasteiger partial charge in [-0.05, 0) is 5.92 Å². The third-order valence-corrected chi connectivity index (χ3v) is 3.21. The van der Waals surface area contributed by atoms with E-state index in [0.717, 1.165) is 6.54 Å². The van der Waals surface area contributed by atoms with Crippen LogP contribution in [0.2, 0.25) is 0 Å². The van der Waals surface area contributed by atoms with Crippen molar-refractivity contribution >= 4 is 5.91 Å². The monoisotopic (exact) mass is 214 g/mol. The van der Waals surface area contributed by atoms with Crippen LogP contribution < -0.4 is 0 Å². The number of hydrogen-bond donors (Lipinski definition) is 1. The number of aliphatic hydroxyl groups is 1. The lowest BCUT2D eigenvalue weighted by molar-refractivity contribution is -0.138. The Morgan fingerprint density at radius 1 is 1.47 bits per heavy atom. The molecule has 88 valence electrons. The fourth-order valence-electron chi connectivity index (χ4n) is 1.73. The van der Waals surface area contributed by atoms with Gasteiger partial charge in [0.15, 0.2) is 0 Å². The van der Waals surface area contributed by atoms with Crippen LogP contribution in [0, 0.1) is 5.92 Å². The molecule has 1 amide bonds. The van der Waals surface area contributed by atoms with Crippen LogP contribution in [-0.4, -0.2) is 60.1 Å². The second-order valence-corrected chi connectivity index (χ2v) is 5.01. The lowest BCUT2D eigenvalue weighted by Gasteiger charge is -2.49. The molecule has 0 radical (unpaired) electrons. The first kappa shape index (κ1) is 12.5. The molecule has 1 aliphatic rings. The first-order chi connectivity index (χ1) is 6.85. The molecule has 4 heteroatoms. The van der Waals surface area contributed by atoms with Gasteiger partial charge in [-0.1, -0.05) is 13.8 Å². The maximum absolute atomic E-state index is 11.3. The van der Waals surface area contributed by atoms with Crippen LogP contribution in [0.3, 0.4) is 0 Å². The van der Waals surface area contributed by atoms with Crippen molar-refractivity contribution in [2.45, 2.75) is 25.9 Å². The van der Waals surface area contributed by atoms with E-state index in [0.29, 0.717) is 25.4 Å². The SMILES string of the molecule is CC(C)C1(O)CN(CCC(=O)N(C)C)C1. The summed E-state index contributed by atoms with van der Waals surface area (Å²) in [6.45, 7) is 6.22. The van der Waals surface area contributed by atoms with Crippen LogP contribution in [0.25, 0.3) is 0 Å². The number of hydrogen-bond acceptors (Lipinski definition) is 3. The molecule has 0 saturated carbocycles. The molecule has 1 rings (SSSR count). The van der Waals surface area contributed by atoms with Gasteiger partial charge in [-0.2, -0.15) is 0 Å². The van der Waals surface area contributed by atoms with E-state index < -0.39 is 5.60 Å². The first-order valence-corrected chi connectivity index (χ1v) is 5.50. The van der Waals surface area contributed by atoms with Crippen LogP contribution in [0.5, 0.6) is 0 Å². The minimum Gasteiger partial charge on any atom is -0.387 e. The molecule has 1 heterocycles. The molecule has 0 bridgehead atoms. The zero-order valence-corrected chi connectivity index (χ0v) is 10.2. The highest BCUT2D eigenvalue weighted by atomic mass is 16.3. The summed E-state index contributed by atoms with van der Waals surface area (Å²) in [5.41, 5.74) is -0.527. The molecule has 1 aliphatic heterocycles. The Labute approximate surface area is 91.9 Å². The molecule has 0 aromatic rings. The van der Waals surface area contributed by atoms with E-state index in [1.807, 2.05) is 13.8 Å². The van der Waals surface area contributed by atoms with Crippen LogP contribution in [0.4, 0.5) is 0 Å². The molecule has 1 fully saturated rings. The smallest absolute Gasteiger partial charge is 0.223 e. The van der Waals surface area contributed by atoms with Crippen molar-refractivity contribution in [2.75, 3.05) is 33.7 Å². The first-order valence-electron chi connectivity index (χ1n) is 5.50. The summed E-state index contributed by atoms with van der Waals surface area (Å²) in [5.74, 6) is 0.438. The summed E-state index contributed by atoms with van der Waals surface area (Å²) in [4.78, 5) is 15.1. The Bertz CT molecular complexity index is 233. The zero-order valence-electron chi connectivity index (χ0n) is 10.2. The summed E-state index contributed by atoms with van der Waals surface area (Å²) in [7, 11) is 3.53. The van der Waals surface area contributed by atoms with E-state index in [4.69, 9.17) is 0 Å². The quantitative estimate of drug-likeness (QED) is 0.725. The van der Waals surface area contributed by atoms with Crippen molar-refractivity contribution in [3.63, 3.8) is 0 Å². The number of rotatable bonds is 4. The highest BCUT2D eigenvalue weighted by Crippen LogP contribution is 2.28. The Balaban J connectivity index is 2.21. The maximum Gasteiger partial charge on any atom is 0.223 e. The Kier molecular flexibility index (Phi) is 3.73. The Hall–Kier alpha value is -0.610. The summed E-state index contributed by atoms with van der Waals surface area (Å²) in [5, 5.41) is 10.00. The van der Waals surface area contributed by atoms with Gasteiger partial charge in [0.1, 0.15) is 0 Å². The molecule has 1 N–H and O–H groups in total. The van der Waals surface area contributed by atoms with Crippen molar-refractivity contribution in [3.8, 4) is 0 Å². The molecule has 0 aromatic carbocycles. The number of carbonyl (C=O) groups is 1. The van der Waals surface area contributed by atoms with Crippen LogP contribution in [0.15, 0.2) is 0 Å². The van der Waals surface area contributed by atoms with Gasteiger partial charge in [0, 0.05) is 40.2 Å². The van der Waals surface area contributed by atoms with E-state index >= 15 is 0 Å². The largest absolute Gasteiger partial charge is 0.387 e. The van der Waals surface area contributed by atoms with Gasteiger partial charge >= 0.3 is 0 Å². The van der Waals surface area contributed by atoms with Crippen LogP contribution >= 0.6 is 0 Å². The lowest BCUT2D eigenvalue weighted by Crippen LogP contribution is -2.64. The van der Waals surface area contributed by atoms with Gasteiger partial charge in [0.05, 0.1) is 5.60 Å². The van der Waals surface area contributed by atoms with E-state index in [2.05, 4.69) is 4.90 Å². The summed E-state index contributed by atoms with van der Waals surface area (Å²) in [6.07, 6.45) is 0.543. The van der Waals surface area contributed by atoms with Crippen molar-refractivity contribution in [3.05, 3.63) is 0 Å². The van der Waals surface area contributed by atoms with Crippen molar-refractivity contribution in [2.24, 2.45) is 5.92 Å². The molecular weight excluding hydrogens is 192 g/mol. The highest BCUT2D eigenvalue weighted by Gasteiger charge is 2.43. The van der Waals surface area contributed by atoms with E-state index in [1.54, 1.807) is 19.0 Å². The molecule has 15 heavy (non-hydrogen) atoms. The zero-order chi connectivity index (χ0) is 11.6. The van der Waals surface area contributed by atoms with Gasteiger partial charge in [0.2, 0.25) is 5.91 Å². The predicted molar refractivity (Wildman–Crippen MR) is 59.5 cm³/mol. The predicted octanol–water partition coefficient (Wildman–Crippen LogP) is 0.167. The molecule has 0 spiro atoms. The van der Waals surface area contributed by atoms with E-state index in [1.165, 1.54) is 0 Å². The normalized spacial score (nSPS) is 20.1. The fraction of sp³-hybridized carbons (Fsp3) is 0.909. The Morgan fingerprint density at radius 2 is 2.00 bits per heavy atom. The third kappa shape index (κ3) is 2.92. The topological polar surface area (TPSA) is 43.8 Å².